The lowest BCUT2D eigenvalue weighted by Crippen LogP contribution is -2.26. The second-order valence-electron chi connectivity index (χ2n) is 6.87. The first-order valence-corrected chi connectivity index (χ1v) is 9.34. The van der Waals surface area contributed by atoms with Crippen molar-refractivity contribution >= 4 is 23.5 Å². The number of carboxylic acids is 1. The number of hydrogen-bond donors (Lipinski definition) is 2. The number of carbonyl (C=O) groups excluding carboxylic acids is 1. The molecular formula is C21H23ClFNO4. The highest BCUT2D eigenvalue weighted by molar-refractivity contribution is 6.31. The van der Waals surface area contributed by atoms with Gasteiger partial charge in [0.25, 0.3) is 5.91 Å². The van der Waals surface area contributed by atoms with E-state index in [1.807, 2.05) is 13.8 Å². The highest BCUT2D eigenvalue weighted by Gasteiger charge is 2.18. The Bertz CT molecular complexity index is 869. The largest absolute Gasteiger partial charge is 0.479 e. The predicted octanol–water partition coefficient (Wildman–Crippen LogP) is 4.77. The van der Waals surface area contributed by atoms with E-state index in [1.54, 1.807) is 18.2 Å². The van der Waals surface area contributed by atoms with Crippen molar-refractivity contribution in [3.05, 3.63) is 52.8 Å². The Hall–Kier alpha value is -2.60. The van der Waals surface area contributed by atoms with Gasteiger partial charge >= 0.3 is 5.97 Å². The van der Waals surface area contributed by atoms with Gasteiger partial charge in [0.05, 0.1) is 5.56 Å². The summed E-state index contributed by atoms with van der Waals surface area (Å²) in [5.41, 5.74) is 0.800. The average Bonchev–Trinajstić information content (AvgIpc) is 2.62. The number of aliphatic carboxylic acids is 1. The fourth-order valence-electron chi connectivity index (χ4n) is 2.51. The molecule has 0 saturated carbocycles. The van der Waals surface area contributed by atoms with E-state index < -0.39 is 23.8 Å². The van der Waals surface area contributed by atoms with E-state index in [0.717, 1.165) is 6.42 Å². The molecule has 0 aromatic heterocycles. The molecule has 5 nitrogen and oxygen atoms in total. The Labute approximate surface area is 168 Å². The van der Waals surface area contributed by atoms with Crippen molar-refractivity contribution < 1.29 is 23.8 Å². The summed E-state index contributed by atoms with van der Waals surface area (Å²) < 4.78 is 20.0. The van der Waals surface area contributed by atoms with E-state index >= 15 is 0 Å². The van der Waals surface area contributed by atoms with Crippen LogP contribution in [0.25, 0.3) is 11.1 Å². The number of hydrogen-bond acceptors (Lipinski definition) is 3. The van der Waals surface area contributed by atoms with Crippen LogP contribution in [0.2, 0.25) is 5.02 Å². The summed E-state index contributed by atoms with van der Waals surface area (Å²) in [6.45, 7) is 5.94. The van der Waals surface area contributed by atoms with Crippen molar-refractivity contribution in [1.82, 2.24) is 5.32 Å². The molecule has 2 rings (SSSR count). The first-order valence-electron chi connectivity index (χ1n) is 8.96. The minimum Gasteiger partial charge on any atom is -0.479 e. The number of nitrogens with one attached hydrogen (secondary N) is 1. The monoisotopic (exact) mass is 407 g/mol. The molecule has 0 spiro atoms. The second kappa shape index (κ2) is 9.55. The van der Waals surface area contributed by atoms with Gasteiger partial charge < -0.3 is 15.2 Å². The standard InChI is InChI=1S/C21H23ClFNO4/c1-12(2)8-9-24-20(25)16-6-4-14(10-18(16)23)17-11-15(22)5-7-19(17)28-13(3)21(26)27/h4-7,10-13H,8-9H2,1-3H3,(H,24,25)(H,26,27)/t13-/m0/s1. The predicted molar refractivity (Wildman–Crippen MR) is 106 cm³/mol. The molecule has 0 aliphatic heterocycles. The normalized spacial score (nSPS) is 11.9. The van der Waals surface area contributed by atoms with Crippen molar-refractivity contribution in [2.24, 2.45) is 5.92 Å². The summed E-state index contributed by atoms with van der Waals surface area (Å²) in [5, 5.41) is 12.1. The minimum absolute atomic E-state index is 0.0593. The maximum Gasteiger partial charge on any atom is 0.344 e. The lowest BCUT2D eigenvalue weighted by atomic mass is 10.0. The van der Waals surface area contributed by atoms with Crippen LogP contribution in [-0.4, -0.2) is 29.6 Å². The second-order valence-corrected chi connectivity index (χ2v) is 7.31. The number of amides is 1. The topological polar surface area (TPSA) is 75.6 Å². The van der Waals surface area contributed by atoms with Crippen LogP contribution in [-0.2, 0) is 4.79 Å². The average molecular weight is 408 g/mol. The zero-order valence-corrected chi connectivity index (χ0v) is 16.7. The Balaban J connectivity index is 2.29. The van der Waals surface area contributed by atoms with Crippen molar-refractivity contribution in [1.29, 1.82) is 0 Å². The van der Waals surface area contributed by atoms with Crippen molar-refractivity contribution in [2.75, 3.05) is 6.54 Å². The van der Waals surface area contributed by atoms with Crippen LogP contribution in [0.5, 0.6) is 5.75 Å². The van der Waals surface area contributed by atoms with Gasteiger partial charge in [-0.2, -0.15) is 0 Å². The van der Waals surface area contributed by atoms with Crippen LogP contribution in [0.4, 0.5) is 4.39 Å². The molecule has 0 aliphatic carbocycles. The molecule has 7 heteroatoms. The van der Waals surface area contributed by atoms with Crippen LogP contribution in [0.15, 0.2) is 36.4 Å². The molecule has 1 atom stereocenters. The number of carboxylic acid groups (broad SMARTS) is 1. The molecule has 150 valence electrons. The van der Waals surface area contributed by atoms with Gasteiger partial charge in [-0.25, -0.2) is 9.18 Å². The Morgan fingerprint density at radius 1 is 1.18 bits per heavy atom. The first kappa shape index (κ1) is 21.7. The first-order chi connectivity index (χ1) is 13.2. The van der Waals surface area contributed by atoms with Crippen molar-refractivity contribution in [2.45, 2.75) is 33.3 Å². The van der Waals surface area contributed by atoms with Gasteiger partial charge in [-0.15, -0.1) is 0 Å². The Kier molecular flexibility index (Phi) is 7.40. The van der Waals surface area contributed by atoms with E-state index in [4.69, 9.17) is 21.4 Å². The van der Waals surface area contributed by atoms with Crippen molar-refractivity contribution in [3.8, 4) is 16.9 Å². The zero-order chi connectivity index (χ0) is 20.8. The van der Waals surface area contributed by atoms with Crippen LogP contribution < -0.4 is 10.1 Å². The third-order valence-corrected chi connectivity index (χ3v) is 4.36. The number of halogens is 2. The van der Waals surface area contributed by atoms with Crippen molar-refractivity contribution in [3.63, 3.8) is 0 Å². The molecule has 0 saturated heterocycles. The van der Waals surface area contributed by atoms with Gasteiger partial charge in [0, 0.05) is 17.1 Å². The van der Waals surface area contributed by atoms with Gasteiger partial charge in [-0.3, -0.25) is 4.79 Å². The van der Waals surface area contributed by atoms with Crippen LogP contribution in [0, 0.1) is 11.7 Å². The van der Waals surface area contributed by atoms with E-state index in [-0.39, 0.29) is 11.3 Å². The summed E-state index contributed by atoms with van der Waals surface area (Å²) in [5.74, 6) is -1.60. The number of rotatable bonds is 8. The fraction of sp³-hybridized carbons (Fsp3) is 0.333. The Morgan fingerprint density at radius 3 is 2.50 bits per heavy atom. The molecule has 0 fully saturated rings. The third kappa shape index (κ3) is 5.70. The number of carbonyl (C=O) groups is 2. The molecule has 2 aromatic rings. The summed E-state index contributed by atoms with van der Waals surface area (Å²) in [6, 6.07) is 8.82. The molecule has 0 aliphatic rings. The lowest BCUT2D eigenvalue weighted by Gasteiger charge is -2.15. The summed E-state index contributed by atoms with van der Waals surface area (Å²) >= 11 is 6.04. The molecule has 2 N–H and O–H groups in total. The van der Waals surface area contributed by atoms with Gasteiger partial charge in [0.2, 0.25) is 0 Å². The highest BCUT2D eigenvalue weighted by atomic mass is 35.5. The number of ether oxygens (including phenoxy) is 1. The molecule has 28 heavy (non-hydrogen) atoms. The molecule has 2 aromatic carbocycles. The quantitative estimate of drug-likeness (QED) is 0.660. The fourth-order valence-corrected chi connectivity index (χ4v) is 2.68. The SMILES string of the molecule is CC(C)CCNC(=O)c1ccc(-c2cc(Cl)ccc2O[C@@H](C)C(=O)O)cc1F. The maximum atomic E-state index is 14.6. The number of benzene rings is 2. The summed E-state index contributed by atoms with van der Waals surface area (Å²) in [6.07, 6.45) is -0.285. The molecule has 0 heterocycles. The molecule has 0 radical (unpaired) electrons. The van der Waals surface area contributed by atoms with E-state index in [2.05, 4.69) is 5.32 Å². The van der Waals surface area contributed by atoms with Gasteiger partial charge in [-0.1, -0.05) is 31.5 Å². The van der Waals surface area contributed by atoms with Gasteiger partial charge in [-0.05, 0) is 55.2 Å². The summed E-state index contributed by atoms with van der Waals surface area (Å²) in [7, 11) is 0. The van der Waals surface area contributed by atoms with Crippen LogP contribution in [0.3, 0.4) is 0 Å². The van der Waals surface area contributed by atoms with Crippen LogP contribution >= 0.6 is 11.6 Å². The van der Waals surface area contributed by atoms with E-state index in [1.165, 1.54) is 25.1 Å². The molecule has 0 bridgehead atoms. The molecular weight excluding hydrogens is 385 g/mol. The van der Waals surface area contributed by atoms with E-state index in [9.17, 15) is 14.0 Å². The van der Waals surface area contributed by atoms with Gasteiger partial charge in [0.1, 0.15) is 11.6 Å². The zero-order valence-electron chi connectivity index (χ0n) is 16.0. The van der Waals surface area contributed by atoms with E-state index in [0.29, 0.717) is 28.6 Å². The smallest absolute Gasteiger partial charge is 0.344 e. The lowest BCUT2D eigenvalue weighted by molar-refractivity contribution is -0.144. The minimum atomic E-state index is -1.12. The Morgan fingerprint density at radius 2 is 1.89 bits per heavy atom. The van der Waals surface area contributed by atoms with Crippen LogP contribution in [0.1, 0.15) is 37.6 Å². The molecule has 0 unspecified atom stereocenters. The maximum absolute atomic E-state index is 14.6. The molecule has 1 amide bonds. The van der Waals surface area contributed by atoms with Gasteiger partial charge in [0.15, 0.2) is 6.10 Å². The third-order valence-electron chi connectivity index (χ3n) is 4.13. The highest BCUT2D eigenvalue weighted by Crippen LogP contribution is 2.34. The summed E-state index contributed by atoms with van der Waals surface area (Å²) in [4.78, 5) is 23.2.